The number of benzene rings is 1. The molecule has 0 N–H and O–H groups in total. The van der Waals surface area contributed by atoms with E-state index in [-0.39, 0.29) is 15.7 Å². The van der Waals surface area contributed by atoms with Crippen LogP contribution in [0.4, 0.5) is 0 Å². The second-order valence-electron chi connectivity index (χ2n) is 4.05. The summed E-state index contributed by atoms with van der Waals surface area (Å²) < 4.78 is 29.6. The predicted molar refractivity (Wildman–Crippen MR) is 65.5 cm³/mol. The minimum atomic E-state index is -3.70. The Morgan fingerprint density at radius 3 is 2.39 bits per heavy atom. The van der Waals surface area contributed by atoms with Gasteiger partial charge in [0.15, 0.2) is 12.0 Å². The summed E-state index contributed by atoms with van der Waals surface area (Å²) in [6, 6.07) is 7.69. The number of carbonyl (C=O) groups excluding carboxylic acids is 1. The van der Waals surface area contributed by atoms with Gasteiger partial charge in [0.05, 0.1) is 4.90 Å². The van der Waals surface area contributed by atoms with Crippen molar-refractivity contribution in [3.63, 3.8) is 0 Å². The highest BCUT2D eigenvalue weighted by molar-refractivity contribution is 7.91. The van der Waals surface area contributed by atoms with E-state index in [1.54, 1.807) is 25.1 Å². The molecule has 0 aliphatic heterocycles. The van der Waals surface area contributed by atoms with Crippen molar-refractivity contribution >= 4 is 16.1 Å². The molecule has 2 aromatic rings. The van der Waals surface area contributed by atoms with Crippen LogP contribution in [-0.4, -0.2) is 14.7 Å². The molecule has 0 spiro atoms. The summed E-state index contributed by atoms with van der Waals surface area (Å²) in [6.45, 7) is 3.62. The average molecular weight is 264 g/mol. The van der Waals surface area contributed by atoms with E-state index in [1.807, 2.05) is 6.92 Å². The predicted octanol–water partition coefficient (Wildman–Crippen LogP) is 2.54. The van der Waals surface area contributed by atoms with Crippen molar-refractivity contribution in [1.82, 2.24) is 0 Å². The highest BCUT2D eigenvalue weighted by Gasteiger charge is 2.23. The van der Waals surface area contributed by atoms with Gasteiger partial charge < -0.3 is 4.42 Å². The number of aldehydes is 1. The molecule has 18 heavy (non-hydrogen) atoms. The van der Waals surface area contributed by atoms with Gasteiger partial charge >= 0.3 is 0 Å². The lowest BCUT2D eigenvalue weighted by molar-refractivity contribution is 0.109. The molecule has 0 aliphatic rings. The summed E-state index contributed by atoms with van der Waals surface area (Å²) in [7, 11) is -3.70. The van der Waals surface area contributed by atoms with Crippen molar-refractivity contribution in [2.45, 2.75) is 23.8 Å². The first-order valence-electron chi connectivity index (χ1n) is 5.32. The van der Waals surface area contributed by atoms with Crippen molar-refractivity contribution < 1.29 is 17.6 Å². The smallest absolute Gasteiger partial charge is 0.239 e. The molecule has 0 aliphatic carbocycles. The Labute approximate surface area is 105 Å². The molecule has 0 unspecified atom stereocenters. The second kappa shape index (κ2) is 4.42. The van der Waals surface area contributed by atoms with Crippen LogP contribution in [0, 0.1) is 13.8 Å². The van der Waals surface area contributed by atoms with Crippen molar-refractivity contribution in [2.75, 3.05) is 0 Å². The van der Waals surface area contributed by atoms with Gasteiger partial charge in [0.2, 0.25) is 14.9 Å². The third-order valence-electron chi connectivity index (χ3n) is 2.60. The summed E-state index contributed by atoms with van der Waals surface area (Å²) in [5.41, 5.74) is 1.64. The number of aryl methyl sites for hydroxylation is 2. The summed E-state index contributed by atoms with van der Waals surface area (Å²) in [6.07, 6.45) is 0.473. The molecule has 0 fully saturated rings. The van der Waals surface area contributed by atoms with E-state index < -0.39 is 9.84 Å². The summed E-state index contributed by atoms with van der Waals surface area (Å²) in [5, 5.41) is -0.212. The Bertz CT molecular complexity index is 696. The number of hydrogen-bond donors (Lipinski definition) is 0. The first-order chi connectivity index (χ1) is 8.45. The minimum absolute atomic E-state index is 0.00154. The van der Waals surface area contributed by atoms with Gasteiger partial charge in [-0.2, -0.15) is 0 Å². The molecule has 0 saturated heterocycles. The van der Waals surface area contributed by atoms with Gasteiger partial charge in [-0.1, -0.05) is 17.7 Å². The zero-order chi connectivity index (χ0) is 13.3. The van der Waals surface area contributed by atoms with Gasteiger partial charge in [0.1, 0.15) is 0 Å². The van der Waals surface area contributed by atoms with Crippen molar-refractivity contribution in [3.8, 4) is 0 Å². The maximum atomic E-state index is 12.3. The van der Waals surface area contributed by atoms with Crippen LogP contribution in [0.5, 0.6) is 0 Å². The lowest BCUT2D eigenvalue weighted by Crippen LogP contribution is -2.03. The molecule has 0 bridgehead atoms. The van der Waals surface area contributed by atoms with Gasteiger partial charge in [-0.25, -0.2) is 8.42 Å². The molecule has 94 valence electrons. The molecule has 0 saturated carbocycles. The largest absolute Gasteiger partial charge is 0.442 e. The number of furan rings is 1. The number of carbonyl (C=O) groups is 1. The fraction of sp³-hybridized carbons (Fsp3) is 0.154. The molecule has 2 rings (SSSR count). The Morgan fingerprint density at radius 2 is 1.83 bits per heavy atom. The Morgan fingerprint density at radius 1 is 1.11 bits per heavy atom. The van der Waals surface area contributed by atoms with Gasteiger partial charge in [0.25, 0.3) is 0 Å². The van der Waals surface area contributed by atoms with Crippen LogP contribution < -0.4 is 0 Å². The highest BCUT2D eigenvalue weighted by Crippen LogP contribution is 2.25. The second-order valence-corrected chi connectivity index (χ2v) is 5.90. The number of sulfone groups is 1. The Balaban J connectivity index is 2.57. The first kappa shape index (κ1) is 12.6. The van der Waals surface area contributed by atoms with Gasteiger partial charge in [-0.05, 0) is 37.6 Å². The standard InChI is InChI=1S/C13H12O4S/c1-9-3-5-12(10(2)7-9)18(15,16)13-6-4-11(8-14)17-13/h3-8H,1-2H3. The number of hydrogen-bond acceptors (Lipinski definition) is 4. The van der Waals surface area contributed by atoms with Crippen LogP contribution in [0.1, 0.15) is 21.7 Å². The molecule has 4 nitrogen and oxygen atoms in total. The van der Waals surface area contributed by atoms with Crippen molar-refractivity contribution in [1.29, 1.82) is 0 Å². The van der Waals surface area contributed by atoms with Gasteiger partial charge in [0, 0.05) is 0 Å². The SMILES string of the molecule is Cc1ccc(S(=O)(=O)c2ccc(C=O)o2)c(C)c1. The van der Waals surface area contributed by atoms with Crippen LogP contribution in [-0.2, 0) is 9.84 Å². The van der Waals surface area contributed by atoms with E-state index in [1.165, 1.54) is 12.1 Å². The summed E-state index contributed by atoms with van der Waals surface area (Å²) >= 11 is 0. The van der Waals surface area contributed by atoms with Crippen LogP contribution in [0.3, 0.4) is 0 Å². The molecule has 1 aromatic heterocycles. The minimum Gasteiger partial charge on any atom is -0.442 e. The molecule has 1 heterocycles. The Hall–Kier alpha value is -1.88. The number of rotatable bonds is 3. The summed E-state index contributed by atoms with van der Waals surface area (Å²) in [4.78, 5) is 10.7. The Kier molecular flexibility index (Phi) is 3.09. The van der Waals surface area contributed by atoms with Crippen LogP contribution >= 0.6 is 0 Å². The fourth-order valence-corrected chi connectivity index (χ4v) is 3.15. The fourth-order valence-electron chi connectivity index (χ4n) is 1.75. The normalized spacial score (nSPS) is 11.4. The van der Waals surface area contributed by atoms with E-state index in [2.05, 4.69) is 0 Å². The monoisotopic (exact) mass is 264 g/mol. The topological polar surface area (TPSA) is 64.3 Å². The van der Waals surface area contributed by atoms with Crippen LogP contribution in [0.15, 0.2) is 44.7 Å². The van der Waals surface area contributed by atoms with E-state index in [4.69, 9.17) is 4.42 Å². The van der Waals surface area contributed by atoms with E-state index >= 15 is 0 Å². The molecular weight excluding hydrogens is 252 g/mol. The summed E-state index contributed by atoms with van der Waals surface area (Å²) in [5.74, 6) is -0.00154. The zero-order valence-electron chi connectivity index (χ0n) is 10.0. The van der Waals surface area contributed by atoms with Gasteiger partial charge in [-0.15, -0.1) is 0 Å². The molecule has 0 amide bonds. The molecular formula is C13H12O4S. The third kappa shape index (κ3) is 2.09. The van der Waals surface area contributed by atoms with E-state index in [9.17, 15) is 13.2 Å². The van der Waals surface area contributed by atoms with Crippen molar-refractivity contribution in [2.24, 2.45) is 0 Å². The van der Waals surface area contributed by atoms with Crippen LogP contribution in [0.2, 0.25) is 0 Å². The van der Waals surface area contributed by atoms with Crippen LogP contribution in [0.25, 0.3) is 0 Å². The zero-order valence-corrected chi connectivity index (χ0v) is 10.8. The lowest BCUT2D eigenvalue weighted by atomic mass is 10.2. The maximum absolute atomic E-state index is 12.3. The lowest BCUT2D eigenvalue weighted by Gasteiger charge is -2.06. The molecule has 0 radical (unpaired) electrons. The molecule has 0 atom stereocenters. The van der Waals surface area contributed by atoms with E-state index in [0.29, 0.717) is 11.8 Å². The van der Waals surface area contributed by atoms with Gasteiger partial charge in [-0.3, -0.25) is 4.79 Å². The van der Waals surface area contributed by atoms with Crippen molar-refractivity contribution in [3.05, 3.63) is 47.2 Å². The maximum Gasteiger partial charge on any atom is 0.239 e. The highest BCUT2D eigenvalue weighted by atomic mass is 32.2. The average Bonchev–Trinajstić information content (AvgIpc) is 2.77. The van der Waals surface area contributed by atoms with E-state index in [0.717, 1.165) is 5.56 Å². The quantitative estimate of drug-likeness (QED) is 0.799. The third-order valence-corrected chi connectivity index (χ3v) is 4.39. The first-order valence-corrected chi connectivity index (χ1v) is 6.81. The molecule has 5 heteroatoms. The molecule has 1 aromatic carbocycles.